The molecular weight excluding hydrogens is 198 g/mol. The van der Waals surface area contributed by atoms with Crippen LogP contribution in [0.4, 0.5) is 0 Å². The highest BCUT2D eigenvalue weighted by Crippen LogP contribution is 2.02. The van der Waals surface area contributed by atoms with Crippen molar-refractivity contribution >= 4 is 0 Å². The molecule has 0 atom stereocenters. The van der Waals surface area contributed by atoms with Gasteiger partial charge in [0.15, 0.2) is 0 Å². The second-order valence-electron chi connectivity index (χ2n) is 4.13. The van der Waals surface area contributed by atoms with Gasteiger partial charge in [0.1, 0.15) is 0 Å². The molecule has 0 unspecified atom stereocenters. The van der Waals surface area contributed by atoms with Gasteiger partial charge in [-0.2, -0.15) is 0 Å². The van der Waals surface area contributed by atoms with Gasteiger partial charge < -0.3 is 10.1 Å². The van der Waals surface area contributed by atoms with Crippen molar-refractivity contribution in [2.24, 2.45) is 0 Å². The minimum atomic E-state index is 0.870. The van der Waals surface area contributed by atoms with Gasteiger partial charge in [-0.05, 0) is 31.9 Å². The predicted octanol–water partition coefficient (Wildman–Crippen LogP) is 2.90. The van der Waals surface area contributed by atoms with Crippen molar-refractivity contribution in [1.82, 2.24) is 5.32 Å². The highest BCUT2D eigenvalue weighted by Gasteiger charge is 1.93. The summed E-state index contributed by atoms with van der Waals surface area (Å²) in [6.45, 7) is 8.00. The summed E-state index contributed by atoms with van der Waals surface area (Å²) < 4.78 is 5.41. The molecule has 0 aliphatic heterocycles. The number of rotatable bonds is 8. The van der Waals surface area contributed by atoms with E-state index in [0.29, 0.717) is 0 Å². The lowest BCUT2D eigenvalue weighted by Gasteiger charge is -2.06. The van der Waals surface area contributed by atoms with Crippen LogP contribution in [0.3, 0.4) is 0 Å². The summed E-state index contributed by atoms with van der Waals surface area (Å²) in [5, 5.41) is 3.43. The van der Waals surface area contributed by atoms with Gasteiger partial charge in [0.2, 0.25) is 0 Å². The molecule has 1 rings (SSSR count). The number of hydrogen-bond acceptors (Lipinski definition) is 2. The summed E-state index contributed by atoms with van der Waals surface area (Å²) in [5.74, 6) is 0. The van der Waals surface area contributed by atoms with Gasteiger partial charge in [0.05, 0.1) is 0 Å². The molecule has 90 valence electrons. The summed E-state index contributed by atoms with van der Waals surface area (Å²) in [6.07, 6.45) is 2.20. The highest BCUT2D eigenvalue weighted by molar-refractivity contribution is 5.21. The first kappa shape index (κ1) is 13.2. The van der Waals surface area contributed by atoms with E-state index in [-0.39, 0.29) is 0 Å². The molecule has 16 heavy (non-hydrogen) atoms. The molecule has 0 amide bonds. The minimum absolute atomic E-state index is 0.870. The van der Waals surface area contributed by atoms with Gasteiger partial charge in [-0.1, -0.05) is 36.8 Å². The fraction of sp³-hybridized carbons (Fsp3) is 0.571. The highest BCUT2D eigenvalue weighted by atomic mass is 16.5. The van der Waals surface area contributed by atoms with E-state index >= 15 is 0 Å². The first-order valence-corrected chi connectivity index (χ1v) is 6.17. The normalized spacial score (nSPS) is 10.6. The molecule has 2 nitrogen and oxygen atoms in total. The van der Waals surface area contributed by atoms with Crippen LogP contribution in [0.5, 0.6) is 0 Å². The number of ether oxygens (including phenoxy) is 1. The third kappa shape index (κ3) is 5.89. The van der Waals surface area contributed by atoms with Crippen molar-refractivity contribution in [2.45, 2.75) is 33.2 Å². The van der Waals surface area contributed by atoms with E-state index in [1.54, 1.807) is 0 Å². The summed E-state index contributed by atoms with van der Waals surface area (Å²) >= 11 is 0. The fourth-order valence-electron chi connectivity index (χ4n) is 1.60. The van der Waals surface area contributed by atoms with Crippen molar-refractivity contribution in [1.29, 1.82) is 0 Å². The van der Waals surface area contributed by atoms with E-state index in [4.69, 9.17) is 4.74 Å². The Labute approximate surface area is 99.0 Å². The maximum Gasteiger partial charge on any atom is 0.0478 e. The Bertz CT molecular complexity index is 286. The lowest BCUT2D eigenvalue weighted by molar-refractivity contribution is 0.132. The maximum atomic E-state index is 5.41. The van der Waals surface area contributed by atoms with Crippen molar-refractivity contribution in [3.8, 4) is 0 Å². The molecule has 0 aliphatic carbocycles. The minimum Gasteiger partial charge on any atom is -0.381 e. The summed E-state index contributed by atoms with van der Waals surface area (Å²) in [6, 6.07) is 8.62. The summed E-state index contributed by atoms with van der Waals surface area (Å²) in [5.41, 5.74) is 2.68. The molecule has 0 bridgehead atoms. The Morgan fingerprint density at radius 3 is 2.88 bits per heavy atom. The molecule has 0 fully saturated rings. The number of aryl methyl sites for hydroxylation is 1. The molecule has 0 aromatic heterocycles. The van der Waals surface area contributed by atoms with Gasteiger partial charge in [-0.3, -0.25) is 0 Å². The zero-order chi connectivity index (χ0) is 11.6. The fourth-order valence-corrected chi connectivity index (χ4v) is 1.60. The van der Waals surface area contributed by atoms with Crippen LogP contribution in [0.1, 0.15) is 30.9 Å². The van der Waals surface area contributed by atoms with E-state index < -0.39 is 0 Å². The van der Waals surface area contributed by atoms with Gasteiger partial charge in [0.25, 0.3) is 0 Å². The lowest BCUT2D eigenvalue weighted by atomic mass is 10.1. The number of hydrogen-bond donors (Lipinski definition) is 1. The predicted molar refractivity (Wildman–Crippen MR) is 68.6 cm³/mol. The molecule has 1 aromatic carbocycles. The SMILES string of the molecule is CCCOCCCNCc1cccc(C)c1. The Balaban J connectivity index is 2.03. The molecule has 0 saturated heterocycles. The average molecular weight is 221 g/mol. The largest absolute Gasteiger partial charge is 0.381 e. The van der Waals surface area contributed by atoms with Crippen LogP contribution in [-0.4, -0.2) is 19.8 Å². The topological polar surface area (TPSA) is 21.3 Å². The summed E-state index contributed by atoms with van der Waals surface area (Å²) in [4.78, 5) is 0. The van der Waals surface area contributed by atoms with Crippen LogP contribution >= 0.6 is 0 Å². The average Bonchev–Trinajstić information content (AvgIpc) is 2.28. The van der Waals surface area contributed by atoms with Crippen molar-refractivity contribution in [2.75, 3.05) is 19.8 Å². The molecule has 0 radical (unpaired) electrons. The van der Waals surface area contributed by atoms with Gasteiger partial charge in [-0.15, -0.1) is 0 Å². The zero-order valence-corrected chi connectivity index (χ0v) is 10.5. The monoisotopic (exact) mass is 221 g/mol. The molecule has 2 heteroatoms. The van der Waals surface area contributed by atoms with Gasteiger partial charge in [0, 0.05) is 19.8 Å². The Kier molecular flexibility index (Phi) is 6.86. The van der Waals surface area contributed by atoms with Crippen LogP contribution in [-0.2, 0) is 11.3 Å². The first-order valence-electron chi connectivity index (χ1n) is 6.17. The van der Waals surface area contributed by atoms with Crippen molar-refractivity contribution in [3.05, 3.63) is 35.4 Å². The molecule has 0 saturated carbocycles. The summed E-state index contributed by atoms with van der Waals surface area (Å²) in [7, 11) is 0. The smallest absolute Gasteiger partial charge is 0.0478 e. The van der Waals surface area contributed by atoms with Crippen molar-refractivity contribution in [3.63, 3.8) is 0 Å². The molecule has 0 heterocycles. The maximum absolute atomic E-state index is 5.41. The second kappa shape index (κ2) is 8.31. The van der Waals surface area contributed by atoms with Crippen molar-refractivity contribution < 1.29 is 4.74 Å². The third-order valence-corrected chi connectivity index (χ3v) is 2.40. The van der Waals surface area contributed by atoms with Gasteiger partial charge in [-0.25, -0.2) is 0 Å². The van der Waals surface area contributed by atoms with E-state index in [9.17, 15) is 0 Å². The van der Waals surface area contributed by atoms with E-state index in [1.165, 1.54) is 11.1 Å². The molecule has 1 N–H and O–H groups in total. The van der Waals surface area contributed by atoms with Crippen LogP contribution < -0.4 is 5.32 Å². The van der Waals surface area contributed by atoms with Crippen LogP contribution in [0.25, 0.3) is 0 Å². The number of benzene rings is 1. The molecule has 0 spiro atoms. The third-order valence-electron chi connectivity index (χ3n) is 2.40. The van der Waals surface area contributed by atoms with Crippen LogP contribution in [0.15, 0.2) is 24.3 Å². The quantitative estimate of drug-likeness (QED) is 0.682. The molecular formula is C14H23NO. The number of nitrogens with one attached hydrogen (secondary N) is 1. The van der Waals surface area contributed by atoms with E-state index in [2.05, 4.69) is 43.4 Å². The Morgan fingerprint density at radius 1 is 1.25 bits per heavy atom. The standard InChI is InChI=1S/C14H23NO/c1-3-9-16-10-5-8-15-12-14-7-4-6-13(2)11-14/h4,6-7,11,15H,3,5,8-10,12H2,1-2H3. The van der Waals surface area contributed by atoms with Crippen LogP contribution in [0, 0.1) is 6.92 Å². The first-order chi connectivity index (χ1) is 7.83. The second-order valence-corrected chi connectivity index (χ2v) is 4.13. The van der Waals surface area contributed by atoms with Crippen LogP contribution in [0.2, 0.25) is 0 Å². The molecule has 1 aromatic rings. The zero-order valence-electron chi connectivity index (χ0n) is 10.5. The molecule has 0 aliphatic rings. The van der Waals surface area contributed by atoms with Gasteiger partial charge >= 0.3 is 0 Å². The Morgan fingerprint density at radius 2 is 2.12 bits per heavy atom. The van der Waals surface area contributed by atoms with E-state index in [1.807, 2.05) is 0 Å². The Hall–Kier alpha value is -0.860. The lowest BCUT2D eigenvalue weighted by Crippen LogP contribution is -2.16. The van der Waals surface area contributed by atoms with E-state index in [0.717, 1.165) is 39.1 Å².